The second-order valence-electron chi connectivity index (χ2n) is 4.29. The smallest absolute Gasteiger partial charge is 0.338 e. The lowest BCUT2D eigenvalue weighted by Crippen LogP contribution is -2.04. The number of nitrogens with one attached hydrogen (secondary N) is 1. The highest BCUT2D eigenvalue weighted by Gasteiger charge is 2.18. The van der Waals surface area contributed by atoms with Crippen LogP contribution in [-0.2, 0) is 4.74 Å². The van der Waals surface area contributed by atoms with Crippen molar-refractivity contribution in [2.45, 2.75) is 0 Å². The third-order valence-corrected chi connectivity index (χ3v) is 2.91. The van der Waals surface area contributed by atoms with E-state index in [4.69, 9.17) is 5.26 Å². The summed E-state index contributed by atoms with van der Waals surface area (Å²) >= 11 is 0. The van der Waals surface area contributed by atoms with Gasteiger partial charge in [0.15, 0.2) is 0 Å². The second-order valence-corrected chi connectivity index (χ2v) is 4.29. The Balaban J connectivity index is 2.35. The lowest BCUT2D eigenvalue weighted by Gasteiger charge is -2.08. The molecule has 0 aliphatic rings. The third kappa shape index (κ3) is 3.19. The van der Waals surface area contributed by atoms with E-state index >= 15 is 0 Å². The van der Waals surface area contributed by atoms with Crippen molar-refractivity contribution in [3.8, 4) is 6.07 Å². The Kier molecular flexibility index (Phi) is 4.34. The van der Waals surface area contributed by atoms with Crippen molar-refractivity contribution in [1.29, 1.82) is 5.26 Å². The Hall–Kier alpha value is -3.40. The molecule has 0 spiro atoms. The minimum atomic E-state index is -0.645. The summed E-state index contributed by atoms with van der Waals surface area (Å²) in [5, 5.41) is 22.8. The molecule has 0 fully saturated rings. The Morgan fingerprint density at radius 2 is 1.95 bits per heavy atom. The van der Waals surface area contributed by atoms with Gasteiger partial charge in [-0.2, -0.15) is 5.26 Å². The lowest BCUT2D eigenvalue weighted by molar-refractivity contribution is -0.383. The Morgan fingerprint density at radius 3 is 2.50 bits per heavy atom. The van der Waals surface area contributed by atoms with Crippen LogP contribution in [0.3, 0.4) is 0 Å². The number of hydrogen-bond acceptors (Lipinski definition) is 6. The van der Waals surface area contributed by atoms with Crippen LogP contribution in [-0.4, -0.2) is 18.0 Å². The van der Waals surface area contributed by atoms with Gasteiger partial charge in [0, 0.05) is 11.8 Å². The summed E-state index contributed by atoms with van der Waals surface area (Å²) in [7, 11) is 1.21. The van der Waals surface area contributed by atoms with Crippen molar-refractivity contribution in [3.63, 3.8) is 0 Å². The van der Waals surface area contributed by atoms with Crippen molar-refractivity contribution in [2.24, 2.45) is 0 Å². The number of carbonyl (C=O) groups excluding carboxylic acids is 1. The van der Waals surface area contributed by atoms with Crippen molar-refractivity contribution in [3.05, 3.63) is 63.7 Å². The van der Waals surface area contributed by atoms with E-state index in [9.17, 15) is 14.9 Å². The van der Waals surface area contributed by atoms with Crippen molar-refractivity contribution < 1.29 is 14.5 Å². The molecule has 110 valence electrons. The normalized spacial score (nSPS) is 9.64. The molecule has 7 nitrogen and oxygen atoms in total. The van der Waals surface area contributed by atoms with Crippen LogP contribution in [0.15, 0.2) is 42.5 Å². The molecule has 0 saturated heterocycles. The number of nitro benzene ring substituents is 1. The van der Waals surface area contributed by atoms with E-state index in [2.05, 4.69) is 10.1 Å². The van der Waals surface area contributed by atoms with Crippen LogP contribution in [0.4, 0.5) is 17.1 Å². The molecule has 2 rings (SSSR count). The summed E-state index contributed by atoms with van der Waals surface area (Å²) in [6.07, 6.45) is 0. The fourth-order valence-electron chi connectivity index (χ4n) is 1.82. The van der Waals surface area contributed by atoms with Gasteiger partial charge in [0.05, 0.1) is 29.2 Å². The number of rotatable bonds is 4. The standard InChI is InChI=1S/C15H11N3O4/c1-22-15(19)11-4-7-13(14(8-11)18(20)21)17-12-5-2-10(9-16)3-6-12/h2-8,17H,1H3. The monoisotopic (exact) mass is 297 g/mol. The summed E-state index contributed by atoms with van der Waals surface area (Å²) in [4.78, 5) is 22.0. The molecule has 22 heavy (non-hydrogen) atoms. The molecule has 0 aliphatic heterocycles. The largest absolute Gasteiger partial charge is 0.465 e. The van der Waals surface area contributed by atoms with Crippen molar-refractivity contribution >= 4 is 23.0 Å². The topological polar surface area (TPSA) is 105 Å². The first-order valence-corrected chi connectivity index (χ1v) is 6.19. The van der Waals surface area contributed by atoms with Crippen LogP contribution >= 0.6 is 0 Å². The molecule has 0 saturated carbocycles. The Labute approximate surface area is 125 Å². The molecule has 0 radical (unpaired) electrons. The van der Waals surface area contributed by atoms with Gasteiger partial charge in [-0.1, -0.05) is 0 Å². The van der Waals surface area contributed by atoms with E-state index in [0.717, 1.165) is 6.07 Å². The van der Waals surface area contributed by atoms with Crippen LogP contribution in [0, 0.1) is 21.4 Å². The third-order valence-electron chi connectivity index (χ3n) is 2.91. The molecule has 2 aromatic carbocycles. The number of carbonyl (C=O) groups is 1. The molecule has 0 atom stereocenters. The van der Waals surface area contributed by atoms with Crippen molar-refractivity contribution in [2.75, 3.05) is 12.4 Å². The van der Waals surface area contributed by atoms with Gasteiger partial charge in [0.1, 0.15) is 5.69 Å². The molecular weight excluding hydrogens is 286 g/mol. The zero-order valence-corrected chi connectivity index (χ0v) is 11.6. The highest BCUT2D eigenvalue weighted by molar-refractivity contribution is 5.91. The first kappa shape index (κ1) is 15.0. The Bertz CT molecular complexity index is 763. The molecule has 0 heterocycles. The second kappa shape index (κ2) is 6.37. The van der Waals surface area contributed by atoms with Gasteiger partial charge in [0.25, 0.3) is 5.69 Å². The number of methoxy groups -OCH3 is 1. The molecule has 1 N–H and O–H groups in total. The molecule has 0 bridgehead atoms. The van der Waals surface area contributed by atoms with Crippen LogP contribution < -0.4 is 5.32 Å². The van der Waals surface area contributed by atoms with Crippen LogP contribution in [0.2, 0.25) is 0 Å². The van der Waals surface area contributed by atoms with Gasteiger partial charge < -0.3 is 10.1 Å². The van der Waals surface area contributed by atoms with Gasteiger partial charge in [-0.25, -0.2) is 4.79 Å². The zero-order chi connectivity index (χ0) is 16.1. The number of esters is 1. The quantitative estimate of drug-likeness (QED) is 0.528. The lowest BCUT2D eigenvalue weighted by atomic mass is 10.1. The number of ether oxygens (including phenoxy) is 1. The highest BCUT2D eigenvalue weighted by atomic mass is 16.6. The SMILES string of the molecule is COC(=O)c1ccc(Nc2ccc(C#N)cc2)c([N+](=O)[O-])c1. The maximum Gasteiger partial charge on any atom is 0.338 e. The minimum Gasteiger partial charge on any atom is -0.465 e. The molecule has 0 unspecified atom stereocenters. The van der Waals surface area contributed by atoms with Gasteiger partial charge >= 0.3 is 5.97 Å². The van der Waals surface area contributed by atoms with E-state index in [1.54, 1.807) is 24.3 Å². The first-order valence-electron chi connectivity index (χ1n) is 6.19. The number of anilines is 2. The van der Waals surface area contributed by atoms with Crippen LogP contribution in [0.25, 0.3) is 0 Å². The van der Waals surface area contributed by atoms with E-state index in [-0.39, 0.29) is 16.9 Å². The Morgan fingerprint density at radius 1 is 1.27 bits per heavy atom. The number of nitriles is 1. The predicted molar refractivity (Wildman–Crippen MR) is 78.9 cm³/mol. The number of nitrogens with zero attached hydrogens (tertiary/aromatic N) is 2. The maximum atomic E-state index is 11.4. The van der Waals surface area contributed by atoms with Crippen LogP contribution in [0.1, 0.15) is 15.9 Å². The molecular formula is C15H11N3O4. The van der Waals surface area contributed by atoms with E-state index in [0.29, 0.717) is 11.3 Å². The number of benzene rings is 2. The number of nitro groups is 1. The first-order chi connectivity index (χ1) is 10.5. The van der Waals surface area contributed by atoms with E-state index in [1.165, 1.54) is 19.2 Å². The van der Waals surface area contributed by atoms with E-state index in [1.807, 2.05) is 6.07 Å². The highest BCUT2D eigenvalue weighted by Crippen LogP contribution is 2.29. The molecule has 7 heteroatoms. The summed E-state index contributed by atoms with van der Waals surface area (Å²) in [5.74, 6) is -0.645. The summed E-state index contributed by atoms with van der Waals surface area (Å²) in [6.45, 7) is 0. The summed E-state index contributed by atoms with van der Waals surface area (Å²) < 4.78 is 4.54. The fourth-order valence-corrected chi connectivity index (χ4v) is 1.82. The van der Waals surface area contributed by atoms with E-state index < -0.39 is 10.9 Å². The predicted octanol–water partition coefficient (Wildman–Crippen LogP) is 3.00. The summed E-state index contributed by atoms with van der Waals surface area (Å²) in [5.41, 5.74) is 1.17. The van der Waals surface area contributed by atoms with Gasteiger partial charge in [-0.05, 0) is 36.4 Å². The minimum absolute atomic E-state index is 0.0968. The van der Waals surface area contributed by atoms with Gasteiger partial charge in [-0.3, -0.25) is 10.1 Å². The zero-order valence-electron chi connectivity index (χ0n) is 11.6. The van der Waals surface area contributed by atoms with Gasteiger partial charge in [-0.15, -0.1) is 0 Å². The average Bonchev–Trinajstić information content (AvgIpc) is 2.55. The molecule has 0 aliphatic carbocycles. The van der Waals surface area contributed by atoms with Gasteiger partial charge in [0.2, 0.25) is 0 Å². The molecule has 0 aromatic heterocycles. The average molecular weight is 297 g/mol. The van der Waals surface area contributed by atoms with Crippen molar-refractivity contribution in [1.82, 2.24) is 0 Å². The molecule has 0 amide bonds. The van der Waals surface area contributed by atoms with Crippen LogP contribution in [0.5, 0.6) is 0 Å². The maximum absolute atomic E-state index is 11.4. The molecule has 2 aromatic rings. The fraction of sp³-hybridized carbons (Fsp3) is 0.0667. The summed E-state index contributed by atoms with van der Waals surface area (Å²) in [6, 6.07) is 12.5. The number of hydrogen-bond donors (Lipinski definition) is 1.